The number of benzene rings is 1. The summed E-state index contributed by atoms with van der Waals surface area (Å²) >= 11 is 0. The molecule has 2 aromatic rings. The molecule has 9 nitrogen and oxygen atoms in total. The number of halogens is 3. The van der Waals surface area contributed by atoms with Crippen molar-refractivity contribution in [2.24, 2.45) is 0 Å². The number of aromatic nitrogens is 2. The van der Waals surface area contributed by atoms with E-state index in [-0.39, 0.29) is 23.7 Å². The number of hydrogen-bond donors (Lipinski definition) is 1. The molecule has 0 spiro atoms. The molecule has 12 heteroatoms. The molecule has 0 bridgehead atoms. The molecule has 160 valence electrons. The van der Waals surface area contributed by atoms with Crippen molar-refractivity contribution >= 4 is 17.9 Å². The molecule has 3 rings (SSSR count). The normalized spacial score (nSPS) is 15.0. The van der Waals surface area contributed by atoms with Crippen LogP contribution in [0.5, 0.6) is 5.75 Å². The van der Waals surface area contributed by atoms with E-state index >= 15 is 0 Å². The van der Waals surface area contributed by atoms with Crippen LogP contribution < -0.4 is 10.1 Å². The first-order chi connectivity index (χ1) is 14.1. The van der Waals surface area contributed by atoms with E-state index in [1.165, 1.54) is 32.4 Å². The third-order valence-electron chi connectivity index (χ3n) is 4.29. The Morgan fingerprint density at radius 2 is 2.03 bits per heavy atom. The molecular weight excluding hydrogens is 409 g/mol. The van der Waals surface area contributed by atoms with Crippen LogP contribution >= 0.6 is 0 Å². The van der Waals surface area contributed by atoms with E-state index in [2.05, 4.69) is 10.4 Å². The highest BCUT2D eigenvalue weighted by atomic mass is 19.4. The number of amides is 3. The van der Waals surface area contributed by atoms with Crippen molar-refractivity contribution < 1.29 is 37.0 Å². The Labute approximate surface area is 168 Å². The lowest BCUT2D eigenvalue weighted by Crippen LogP contribution is -2.41. The van der Waals surface area contributed by atoms with Crippen molar-refractivity contribution in [1.29, 1.82) is 0 Å². The quantitative estimate of drug-likeness (QED) is 0.734. The van der Waals surface area contributed by atoms with Gasteiger partial charge in [-0.15, -0.1) is 0 Å². The summed E-state index contributed by atoms with van der Waals surface area (Å²) < 4.78 is 50.0. The SMILES string of the molecule is COc1cn(-c2cccc(C(F)(F)F)c2)nc1C(=O)OC(C)C(=O)N1CCNC1=O. The third-order valence-corrected chi connectivity index (χ3v) is 4.29. The monoisotopic (exact) mass is 426 g/mol. The third kappa shape index (κ3) is 4.21. The van der Waals surface area contributed by atoms with Crippen LogP contribution in [0, 0.1) is 0 Å². The summed E-state index contributed by atoms with van der Waals surface area (Å²) in [5.74, 6) is -1.80. The van der Waals surface area contributed by atoms with Gasteiger partial charge in [0.15, 0.2) is 11.9 Å². The van der Waals surface area contributed by atoms with Crippen LogP contribution in [0.3, 0.4) is 0 Å². The van der Waals surface area contributed by atoms with Crippen molar-refractivity contribution in [2.45, 2.75) is 19.2 Å². The van der Waals surface area contributed by atoms with Crippen LogP contribution in [-0.4, -0.2) is 58.9 Å². The number of rotatable bonds is 5. The van der Waals surface area contributed by atoms with Gasteiger partial charge in [-0.05, 0) is 25.1 Å². The highest BCUT2D eigenvalue weighted by Gasteiger charge is 2.33. The van der Waals surface area contributed by atoms with Crippen molar-refractivity contribution in [1.82, 2.24) is 20.0 Å². The smallest absolute Gasteiger partial charge is 0.416 e. The topological polar surface area (TPSA) is 103 Å². The Morgan fingerprint density at radius 3 is 2.63 bits per heavy atom. The van der Waals surface area contributed by atoms with Gasteiger partial charge in [0.05, 0.1) is 24.6 Å². The number of esters is 1. The number of nitrogens with zero attached hydrogens (tertiary/aromatic N) is 3. The summed E-state index contributed by atoms with van der Waals surface area (Å²) in [6.45, 7) is 1.73. The number of hydrogen-bond acceptors (Lipinski definition) is 6. The van der Waals surface area contributed by atoms with Gasteiger partial charge in [-0.3, -0.25) is 9.69 Å². The first-order valence-electron chi connectivity index (χ1n) is 8.73. The second-order valence-electron chi connectivity index (χ2n) is 6.31. The van der Waals surface area contributed by atoms with Gasteiger partial charge in [-0.25, -0.2) is 14.3 Å². The first-order valence-corrected chi connectivity index (χ1v) is 8.73. The molecule has 0 saturated carbocycles. The van der Waals surface area contributed by atoms with Gasteiger partial charge < -0.3 is 14.8 Å². The molecule has 30 heavy (non-hydrogen) atoms. The number of ether oxygens (including phenoxy) is 2. The Morgan fingerprint density at radius 1 is 1.30 bits per heavy atom. The fourth-order valence-electron chi connectivity index (χ4n) is 2.77. The Kier molecular flexibility index (Phi) is 5.67. The number of nitrogens with one attached hydrogen (secondary N) is 1. The number of alkyl halides is 3. The van der Waals surface area contributed by atoms with Crippen LogP contribution in [0.15, 0.2) is 30.5 Å². The number of carbonyl (C=O) groups is 3. The molecule has 1 aromatic heterocycles. The maximum absolute atomic E-state index is 12.9. The van der Waals surface area contributed by atoms with E-state index < -0.39 is 35.8 Å². The summed E-state index contributed by atoms with van der Waals surface area (Å²) in [7, 11) is 1.24. The fourth-order valence-corrected chi connectivity index (χ4v) is 2.77. The van der Waals surface area contributed by atoms with Gasteiger partial charge in [-0.2, -0.15) is 18.3 Å². The molecule has 1 atom stereocenters. The molecule has 0 aliphatic carbocycles. The Hall–Kier alpha value is -3.57. The summed E-state index contributed by atoms with van der Waals surface area (Å²) in [5.41, 5.74) is -1.18. The van der Waals surface area contributed by atoms with Crippen molar-refractivity contribution in [3.05, 3.63) is 41.7 Å². The highest BCUT2D eigenvalue weighted by Crippen LogP contribution is 2.31. The molecule has 1 saturated heterocycles. The van der Waals surface area contributed by atoms with E-state index in [1.54, 1.807) is 0 Å². The summed E-state index contributed by atoms with van der Waals surface area (Å²) in [5, 5.41) is 6.40. The van der Waals surface area contributed by atoms with Crippen molar-refractivity contribution in [2.75, 3.05) is 20.2 Å². The predicted octanol–water partition coefficient (Wildman–Crippen LogP) is 2.00. The van der Waals surface area contributed by atoms with Crippen LogP contribution in [-0.2, 0) is 15.7 Å². The van der Waals surface area contributed by atoms with Crippen LogP contribution in [0.4, 0.5) is 18.0 Å². The second-order valence-corrected chi connectivity index (χ2v) is 6.31. The van der Waals surface area contributed by atoms with Crippen LogP contribution in [0.2, 0.25) is 0 Å². The zero-order chi connectivity index (χ0) is 22.1. The van der Waals surface area contributed by atoms with Gasteiger partial charge >= 0.3 is 18.2 Å². The summed E-state index contributed by atoms with van der Waals surface area (Å²) in [4.78, 5) is 37.2. The standard InChI is InChI=1S/C18H17F3N4O5/c1-10(15(26)24-7-6-22-17(24)28)30-16(27)14-13(29-2)9-25(23-14)12-5-3-4-11(8-12)18(19,20)21/h3-5,8-10H,6-7H2,1-2H3,(H,22,28). The first kappa shape index (κ1) is 21.1. The van der Waals surface area contributed by atoms with Crippen LogP contribution in [0.25, 0.3) is 5.69 Å². The minimum atomic E-state index is -4.55. The second kappa shape index (κ2) is 8.05. The maximum Gasteiger partial charge on any atom is 0.416 e. The number of imide groups is 1. The van der Waals surface area contributed by atoms with Gasteiger partial charge in [0.2, 0.25) is 5.69 Å². The molecular formula is C18H17F3N4O5. The average molecular weight is 426 g/mol. The molecule has 2 heterocycles. The molecule has 1 aliphatic rings. The molecule has 0 radical (unpaired) electrons. The molecule has 1 N–H and O–H groups in total. The molecule has 3 amide bonds. The number of urea groups is 1. The lowest BCUT2D eigenvalue weighted by atomic mass is 10.2. The van der Waals surface area contributed by atoms with Gasteiger partial charge in [-0.1, -0.05) is 6.07 Å². The minimum Gasteiger partial charge on any atom is -0.493 e. The Bertz CT molecular complexity index is 988. The predicted molar refractivity (Wildman–Crippen MR) is 95.1 cm³/mol. The molecule has 1 fully saturated rings. The van der Waals surface area contributed by atoms with Gasteiger partial charge in [0, 0.05) is 13.1 Å². The lowest BCUT2D eigenvalue weighted by molar-refractivity contribution is -0.137. The van der Waals surface area contributed by atoms with Crippen LogP contribution in [0.1, 0.15) is 23.0 Å². The van der Waals surface area contributed by atoms with E-state index in [1.807, 2.05) is 0 Å². The van der Waals surface area contributed by atoms with Crippen molar-refractivity contribution in [3.8, 4) is 11.4 Å². The van der Waals surface area contributed by atoms with E-state index in [9.17, 15) is 27.6 Å². The van der Waals surface area contributed by atoms with Crippen molar-refractivity contribution in [3.63, 3.8) is 0 Å². The fraction of sp³-hybridized carbons (Fsp3) is 0.333. The summed E-state index contributed by atoms with van der Waals surface area (Å²) in [6.07, 6.45) is -4.62. The number of methoxy groups -OCH3 is 1. The summed E-state index contributed by atoms with van der Waals surface area (Å²) in [6, 6.07) is 3.75. The zero-order valence-corrected chi connectivity index (χ0v) is 15.9. The highest BCUT2D eigenvalue weighted by molar-refractivity contribution is 5.99. The molecule has 1 aromatic carbocycles. The van der Waals surface area contributed by atoms with E-state index in [0.29, 0.717) is 6.54 Å². The van der Waals surface area contributed by atoms with E-state index in [0.717, 1.165) is 21.7 Å². The molecule has 1 unspecified atom stereocenters. The van der Waals surface area contributed by atoms with E-state index in [4.69, 9.17) is 9.47 Å². The average Bonchev–Trinajstić information content (AvgIpc) is 3.33. The maximum atomic E-state index is 12.9. The van der Waals surface area contributed by atoms with Gasteiger partial charge in [0.1, 0.15) is 0 Å². The largest absolute Gasteiger partial charge is 0.493 e. The zero-order valence-electron chi connectivity index (χ0n) is 15.9. The Balaban J connectivity index is 1.81. The number of carbonyl (C=O) groups excluding carboxylic acids is 3. The lowest BCUT2D eigenvalue weighted by Gasteiger charge is -2.17. The minimum absolute atomic E-state index is 0.0417. The molecule has 1 aliphatic heterocycles. The van der Waals surface area contributed by atoms with Gasteiger partial charge in [0.25, 0.3) is 5.91 Å².